The second-order valence-electron chi connectivity index (χ2n) is 3.46. The van der Waals surface area contributed by atoms with Crippen LogP contribution >= 0.6 is 0 Å². The maximum Gasteiger partial charge on any atom is 0.327 e. The zero-order chi connectivity index (χ0) is 12.1. The second-order valence-corrected chi connectivity index (χ2v) is 3.46. The molecule has 0 saturated carbocycles. The van der Waals surface area contributed by atoms with Gasteiger partial charge < -0.3 is 4.74 Å². The molecule has 0 amide bonds. The van der Waals surface area contributed by atoms with E-state index in [1.807, 2.05) is 6.92 Å². The van der Waals surface area contributed by atoms with E-state index in [-0.39, 0.29) is 18.3 Å². The highest BCUT2D eigenvalue weighted by Crippen LogP contribution is 2.04. The van der Waals surface area contributed by atoms with Crippen LogP contribution in [0.2, 0.25) is 0 Å². The molecule has 0 aromatic carbocycles. The summed E-state index contributed by atoms with van der Waals surface area (Å²) in [6, 6.07) is 0. The van der Waals surface area contributed by atoms with E-state index in [0.29, 0.717) is 18.0 Å². The average molecular weight is 225 g/mol. The molecular weight excluding hydrogens is 210 g/mol. The van der Waals surface area contributed by atoms with Crippen molar-refractivity contribution in [3.05, 3.63) is 11.4 Å². The fourth-order valence-electron chi connectivity index (χ4n) is 1.22. The van der Waals surface area contributed by atoms with Gasteiger partial charge in [-0.05, 0) is 13.3 Å². The molecule has 1 aromatic heterocycles. The summed E-state index contributed by atoms with van der Waals surface area (Å²) in [7, 11) is 0. The van der Waals surface area contributed by atoms with Crippen LogP contribution in [0.5, 0.6) is 0 Å². The Morgan fingerprint density at radius 3 is 2.62 bits per heavy atom. The van der Waals surface area contributed by atoms with Crippen molar-refractivity contribution in [1.82, 2.24) is 15.0 Å². The van der Waals surface area contributed by atoms with Crippen molar-refractivity contribution in [2.45, 2.75) is 33.7 Å². The fourth-order valence-corrected chi connectivity index (χ4v) is 1.22. The average Bonchev–Trinajstić information content (AvgIpc) is 2.57. The first-order valence-corrected chi connectivity index (χ1v) is 5.13. The number of aromatic nitrogens is 3. The van der Waals surface area contributed by atoms with Gasteiger partial charge in [-0.1, -0.05) is 12.1 Å². The molecule has 0 bridgehead atoms. The van der Waals surface area contributed by atoms with Crippen molar-refractivity contribution in [2.75, 3.05) is 6.61 Å². The second kappa shape index (κ2) is 5.39. The standard InChI is InChI=1S/C10H15N3O3/c1-4-5-16-9(15)6-13-7(2)10(8(3)14)11-12-13/h4-6H2,1-3H3. The zero-order valence-electron chi connectivity index (χ0n) is 9.69. The number of carbonyl (C=O) groups excluding carboxylic acids is 2. The predicted octanol–water partition coefficient (Wildman–Crippen LogP) is 0.742. The number of hydrogen-bond acceptors (Lipinski definition) is 5. The minimum Gasteiger partial charge on any atom is -0.464 e. The van der Waals surface area contributed by atoms with Crippen molar-refractivity contribution in [3.63, 3.8) is 0 Å². The molecule has 6 heteroatoms. The summed E-state index contributed by atoms with van der Waals surface area (Å²) < 4.78 is 6.28. The van der Waals surface area contributed by atoms with Gasteiger partial charge in [0.25, 0.3) is 0 Å². The van der Waals surface area contributed by atoms with E-state index in [0.717, 1.165) is 6.42 Å². The molecule has 0 aliphatic heterocycles. The predicted molar refractivity (Wildman–Crippen MR) is 56.0 cm³/mol. The lowest BCUT2D eigenvalue weighted by Gasteiger charge is -2.03. The molecule has 0 aliphatic carbocycles. The van der Waals surface area contributed by atoms with E-state index in [9.17, 15) is 9.59 Å². The summed E-state index contributed by atoms with van der Waals surface area (Å²) >= 11 is 0. The normalized spacial score (nSPS) is 10.2. The fraction of sp³-hybridized carbons (Fsp3) is 0.600. The Labute approximate surface area is 93.6 Å². The number of nitrogens with zero attached hydrogens (tertiary/aromatic N) is 3. The van der Waals surface area contributed by atoms with Gasteiger partial charge >= 0.3 is 5.97 Å². The molecule has 88 valence electrons. The van der Waals surface area contributed by atoms with E-state index < -0.39 is 0 Å². The maximum absolute atomic E-state index is 11.3. The molecule has 1 aromatic rings. The third-order valence-corrected chi connectivity index (χ3v) is 2.06. The molecule has 1 rings (SSSR count). The maximum atomic E-state index is 11.3. The van der Waals surface area contributed by atoms with Crippen LogP contribution in [-0.2, 0) is 16.1 Å². The molecule has 0 aliphatic rings. The highest BCUT2D eigenvalue weighted by Gasteiger charge is 2.14. The largest absolute Gasteiger partial charge is 0.464 e. The summed E-state index contributed by atoms with van der Waals surface area (Å²) in [4.78, 5) is 22.4. The summed E-state index contributed by atoms with van der Waals surface area (Å²) in [5.74, 6) is -0.532. The number of rotatable bonds is 5. The summed E-state index contributed by atoms with van der Waals surface area (Å²) in [5, 5.41) is 7.43. The number of ketones is 1. The molecule has 0 saturated heterocycles. The smallest absolute Gasteiger partial charge is 0.327 e. The zero-order valence-corrected chi connectivity index (χ0v) is 9.69. The van der Waals surface area contributed by atoms with Gasteiger partial charge in [0.15, 0.2) is 11.5 Å². The Kier molecular flexibility index (Phi) is 4.16. The van der Waals surface area contributed by atoms with E-state index in [4.69, 9.17) is 4.74 Å². The number of ether oxygens (including phenoxy) is 1. The first-order valence-electron chi connectivity index (χ1n) is 5.13. The van der Waals surface area contributed by atoms with Gasteiger partial charge in [-0.15, -0.1) is 5.10 Å². The highest BCUT2D eigenvalue weighted by molar-refractivity contribution is 5.93. The minimum atomic E-state index is -0.370. The Morgan fingerprint density at radius 2 is 2.12 bits per heavy atom. The van der Waals surface area contributed by atoms with Crippen LogP contribution in [0.15, 0.2) is 0 Å². The third kappa shape index (κ3) is 2.88. The Bertz CT molecular complexity index is 398. The molecule has 6 nitrogen and oxygen atoms in total. The van der Waals surface area contributed by atoms with Gasteiger partial charge in [0, 0.05) is 6.92 Å². The van der Waals surface area contributed by atoms with Crippen LogP contribution in [0.25, 0.3) is 0 Å². The summed E-state index contributed by atoms with van der Waals surface area (Å²) in [6.07, 6.45) is 0.779. The van der Waals surface area contributed by atoms with Gasteiger partial charge in [-0.2, -0.15) is 0 Å². The van der Waals surface area contributed by atoms with Gasteiger partial charge in [0.05, 0.1) is 12.3 Å². The van der Waals surface area contributed by atoms with Crippen molar-refractivity contribution in [1.29, 1.82) is 0 Å². The van der Waals surface area contributed by atoms with Gasteiger partial charge in [-0.3, -0.25) is 9.59 Å². The number of Topliss-reactive ketones (excluding diaryl/α,β-unsaturated/α-hetero) is 1. The lowest BCUT2D eigenvalue weighted by atomic mass is 10.2. The van der Waals surface area contributed by atoms with E-state index in [1.54, 1.807) is 6.92 Å². The molecule has 0 radical (unpaired) electrons. The number of hydrogen-bond donors (Lipinski definition) is 0. The monoisotopic (exact) mass is 225 g/mol. The quantitative estimate of drug-likeness (QED) is 0.546. The first kappa shape index (κ1) is 12.4. The SMILES string of the molecule is CCCOC(=O)Cn1nnc(C(C)=O)c1C. The Hall–Kier alpha value is -1.72. The summed E-state index contributed by atoms with van der Waals surface area (Å²) in [5.41, 5.74) is 0.879. The number of carbonyl (C=O) groups is 2. The van der Waals surface area contributed by atoms with Gasteiger partial charge in [0.1, 0.15) is 6.54 Å². The molecule has 0 spiro atoms. The van der Waals surface area contributed by atoms with Gasteiger partial charge in [-0.25, -0.2) is 4.68 Å². The first-order chi connectivity index (χ1) is 7.56. The van der Waals surface area contributed by atoms with Crippen LogP contribution in [0, 0.1) is 6.92 Å². The Morgan fingerprint density at radius 1 is 1.44 bits per heavy atom. The van der Waals surface area contributed by atoms with E-state index >= 15 is 0 Å². The van der Waals surface area contributed by atoms with E-state index in [2.05, 4.69) is 10.3 Å². The molecule has 0 N–H and O–H groups in total. The van der Waals surface area contributed by atoms with Crippen LogP contribution < -0.4 is 0 Å². The molecule has 0 unspecified atom stereocenters. The van der Waals surface area contributed by atoms with Crippen molar-refractivity contribution in [2.24, 2.45) is 0 Å². The molecule has 0 atom stereocenters. The van der Waals surface area contributed by atoms with Crippen LogP contribution in [-0.4, -0.2) is 33.4 Å². The molecule has 1 heterocycles. The topological polar surface area (TPSA) is 74.1 Å². The van der Waals surface area contributed by atoms with Gasteiger partial charge in [0.2, 0.25) is 0 Å². The van der Waals surface area contributed by atoms with Crippen LogP contribution in [0.4, 0.5) is 0 Å². The molecule has 16 heavy (non-hydrogen) atoms. The van der Waals surface area contributed by atoms with E-state index in [1.165, 1.54) is 11.6 Å². The van der Waals surface area contributed by atoms with Crippen molar-refractivity contribution in [3.8, 4) is 0 Å². The molecule has 0 fully saturated rings. The molecular formula is C10H15N3O3. The van der Waals surface area contributed by atoms with Crippen molar-refractivity contribution >= 4 is 11.8 Å². The lowest BCUT2D eigenvalue weighted by Crippen LogP contribution is -2.16. The number of esters is 1. The highest BCUT2D eigenvalue weighted by atomic mass is 16.5. The Balaban J connectivity index is 2.68. The minimum absolute atomic E-state index is 0.00782. The van der Waals surface area contributed by atoms with Crippen molar-refractivity contribution < 1.29 is 14.3 Å². The van der Waals surface area contributed by atoms with Crippen LogP contribution in [0.1, 0.15) is 36.5 Å². The van der Waals surface area contributed by atoms with Crippen LogP contribution in [0.3, 0.4) is 0 Å². The lowest BCUT2D eigenvalue weighted by molar-refractivity contribution is -0.144. The summed E-state index contributed by atoms with van der Waals surface area (Å²) in [6.45, 7) is 5.42. The third-order valence-electron chi connectivity index (χ3n) is 2.06.